The van der Waals surface area contributed by atoms with E-state index in [1.165, 1.54) is 7.11 Å². The summed E-state index contributed by atoms with van der Waals surface area (Å²) < 4.78 is 10.5. The molecule has 0 aromatic heterocycles. The van der Waals surface area contributed by atoms with Crippen LogP contribution in [0.25, 0.3) is 0 Å². The van der Waals surface area contributed by atoms with E-state index < -0.39 is 0 Å². The van der Waals surface area contributed by atoms with Crippen molar-refractivity contribution < 1.29 is 24.8 Å². The van der Waals surface area contributed by atoms with Gasteiger partial charge in [-0.15, -0.1) is 0 Å². The number of methoxy groups -OCH3 is 2. The zero-order chi connectivity index (χ0) is 18.4. The van der Waals surface area contributed by atoms with Crippen LogP contribution in [-0.2, 0) is 12.8 Å². The molecule has 2 aromatic carbocycles. The second-order valence-electron chi connectivity index (χ2n) is 6.82. The number of fused-ring (bicyclic) bond motifs is 4. The van der Waals surface area contributed by atoms with Crippen LogP contribution < -0.4 is 9.47 Å². The third-order valence-electron chi connectivity index (χ3n) is 5.65. The molecule has 0 amide bonds. The number of ether oxygens (including phenoxy) is 2. The molecule has 0 fully saturated rings. The molecule has 0 spiro atoms. The van der Waals surface area contributed by atoms with Gasteiger partial charge in [-0.2, -0.15) is 0 Å². The summed E-state index contributed by atoms with van der Waals surface area (Å²) in [6.45, 7) is 0.745. The van der Waals surface area contributed by atoms with E-state index >= 15 is 0 Å². The molecule has 0 bridgehead atoms. The fourth-order valence-electron chi connectivity index (χ4n) is 4.42. The quantitative estimate of drug-likeness (QED) is 0.782. The standard InChI is InChI=1S/C20H23NO5/c1-25-17-4-3-11-5-6-21-14(19(11)20(17)24)7-12-8-16(23)18(26-2)9-13(12)15(21)10-22/h3-4,8-9,14-15,22-24H,5-7,10H2,1-2H3. The molecule has 2 unspecified atom stereocenters. The zero-order valence-electron chi connectivity index (χ0n) is 14.9. The monoisotopic (exact) mass is 357 g/mol. The number of nitrogens with zero attached hydrogens (tertiary/aromatic N) is 1. The largest absolute Gasteiger partial charge is 0.504 e. The molecule has 0 radical (unpaired) electrons. The fourth-order valence-corrected chi connectivity index (χ4v) is 4.42. The summed E-state index contributed by atoms with van der Waals surface area (Å²) in [7, 11) is 3.06. The molecule has 138 valence electrons. The molecule has 6 heteroatoms. The molecule has 0 saturated heterocycles. The number of hydrogen-bond acceptors (Lipinski definition) is 6. The molecule has 4 rings (SSSR count). The molecule has 6 nitrogen and oxygen atoms in total. The van der Waals surface area contributed by atoms with Crippen molar-refractivity contribution in [2.45, 2.75) is 24.9 Å². The highest BCUT2D eigenvalue weighted by Crippen LogP contribution is 2.50. The Kier molecular flexibility index (Phi) is 4.17. The van der Waals surface area contributed by atoms with E-state index in [0.717, 1.165) is 35.2 Å². The number of aromatic hydroxyl groups is 2. The second-order valence-corrected chi connectivity index (χ2v) is 6.82. The maximum Gasteiger partial charge on any atom is 0.162 e. The second kappa shape index (κ2) is 6.37. The minimum Gasteiger partial charge on any atom is -0.504 e. The Balaban J connectivity index is 1.86. The molecule has 3 N–H and O–H groups in total. The maximum atomic E-state index is 10.7. The third-order valence-corrected chi connectivity index (χ3v) is 5.65. The van der Waals surface area contributed by atoms with E-state index in [0.29, 0.717) is 17.9 Å². The normalized spacial score (nSPS) is 21.5. The van der Waals surface area contributed by atoms with E-state index in [4.69, 9.17) is 9.47 Å². The van der Waals surface area contributed by atoms with Crippen molar-refractivity contribution in [3.05, 3.63) is 46.5 Å². The number of phenolic OH excluding ortho intramolecular Hbond substituents is 2. The number of aliphatic hydroxyl groups is 1. The van der Waals surface area contributed by atoms with Crippen molar-refractivity contribution in [1.82, 2.24) is 4.90 Å². The van der Waals surface area contributed by atoms with Gasteiger partial charge in [0.15, 0.2) is 23.0 Å². The third kappa shape index (κ3) is 2.40. The summed E-state index contributed by atoms with van der Waals surface area (Å²) in [5, 5.41) is 31.0. The molecule has 0 aliphatic carbocycles. The topological polar surface area (TPSA) is 82.4 Å². The van der Waals surface area contributed by atoms with Crippen LogP contribution in [0.15, 0.2) is 24.3 Å². The Morgan fingerprint density at radius 2 is 1.85 bits per heavy atom. The Morgan fingerprint density at radius 3 is 2.54 bits per heavy atom. The average Bonchev–Trinajstić information content (AvgIpc) is 2.65. The highest BCUT2D eigenvalue weighted by atomic mass is 16.5. The van der Waals surface area contributed by atoms with Gasteiger partial charge in [-0.25, -0.2) is 0 Å². The van der Waals surface area contributed by atoms with E-state index in [1.54, 1.807) is 19.2 Å². The van der Waals surface area contributed by atoms with Crippen molar-refractivity contribution in [3.8, 4) is 23.0 Å². The molecular formula is C20H23NO5. The summed E-state index contributed by atoms with van der Waals surface area (Å²) in [6, 6.07) is 7.02. The lowest BCUT2D eigenvalue weighted by atomic mass is 9.80. The number of aliphatic hydroxyl groups excluding tert-OH is 1. The fraction of sp³-hybridized carbons (Fsp3) is 0.400. The summed E-state index contributed by atoms with van der Waals surface area (Å²) >= 11 is 0. The summed E-state index contributed by atoms with van der Waals surface area (Å²) in [5.74, 6) is 1.11. The van der Waals surface area contributed by atoms with Crippen molar-refractivity contribution >= 4 is 0 Å². The molecule has 2 aliphatic rings. The molecule has 2 aliphatic heterocycles. The predicted molar refractivity (Wildman–Crippen MR) is 96.0 cm³/mol. The Hall–Kier alpha value is -2.44. The van der Waals surface area contributed by atoms with Crippen molar-refractivity contribution in [3.63, 3.8) is 0 Å². The minimum absolute atomic E-state index is 0.0442. The van der Waals surface area contributed by atoms with Crippen LogP contribution in [0.1, 0.15) is 34.3 Å². The lowest BCUT2D eigenvalue weighted by Crippen LogP contribution is -2.44. The molecule has 2 atom stereocenters. The van der Waals surface area contributed by atoms with Crippen LogP contribution >= 0.6 is 0 Å². The van der Waals surface area contributed by atoms with Gasteiger partial charge < -0.3 is 24.8 Å². The van der Waals surface area contributed by atoms with Gasteiger partial charge in [-0.05, 0) is 47.7 Å². The first-order valence-corrected chi connectivity index (χ1v) is 8.74. The summed E-state index contributed by atoms with van der Waals surface area (Å²) in [4.78, 5) is 2.22. The van der Waals surface area contributed by atoms with Gasteiger partial charge in [0.2, 0.25) is 0 Å². The van der Waals surface area contributed by atoms with Crippen LogP contribution in [0.3, 0.4) is 0 Å². The van der Waals surface area contributed by atoms with Crippen molar-refractivity contribution in [2.75, 3.05) is 27.4 Å². The number of rotatable bonds is 3. The molecular weight excluding hydrogens is 334 g/mol. The van der Waals surface area contributed by atoms with Crippen LogP contribution in [0.5, 0.6) is 23.0 Å². The lowest BCUT2D eigenvalue weighted by molar-refractivity contribution is 0.0612. The van der Waals surface area contributed by atoms with Gasteiger partial charge in [0.1, 0.15) is 0 Å². The minimum atomic E-state index is -0.211. The summed E-state index contributed by atoms with van der Waals surface area (Å²) in [6.07, 6.45) is 1.43. The van der Waals surface area contributed by atoms with Crippen LogP contribution in [0, 0.1) is 0 Å². The van der Waals surface area contributed by atoms with Gasteiger partial charge in [0.25, 0.3) is 0 Å². The van der Waals surface area contributed by atoms with Gasteiger partial charge in [0.05, 0.1) is 26.9 Å². The van der Waals surface area contributed by atoms with Crippen LogP contribution in [-0.4, -0.2) is 47.6 Å². The lowest BCUT2D eigenvalue weighted by Gasteiger charge is -2.46. The van der Waals surface area contributed by atoms with Gasteiger partial charge in [-0.1, -0.05) is 6.07 Å². The van der Waals surface area contributed by atoms with Crippen molar-refractivity contribution in [1.29, 1.82) is 0 Å². The number of phenols is 2. The highest BCUT2D eigenvalue weighted by Gasteiger charge is 2.40. The van der Waals surface area contributed by atoms with E-state index in [2.05, 4.69) is 4.90 Å². The summed E-state index contributed by atoms with van der Waals surface area (Å²) in [5.41, 5.74) is 3.88. The van der Waals surface area contributed by atoms with Crippen LogP contribution in [0.4, 0.5) is 0 Å². The Bertz CT molecular complexity index is 851. The zero-order valence-corrected chi connectivity index (χ0v) is 14.9. The van der Waals surface area contributed by atoms with E-state index in [9.17, 15) is 15.3 Å². The number of hydrogen-bond donors (Lipinski definition) is 3. The smallest absolute Gasteiger partial charge is 0.162 e. The van der Waals surface area contributed by atoms with Gasteiger partial charge in [0, 0.05) is 18.2 Å². The molecule has 2 heterocycles. The highest BCUT2D eigenvalue weighted by molar-refractivity contribution is 5.55. The first-order valence-electron chi connectivity index (χ1n) is 8.74. The molecule has 26 heavy (non-hydrogen) atoms. The SMILES string of the molecule is COc1cc2c(cc1O)CC1c3c(ccc(OC)c3O)CCN1C2CO. The molecule has 2 aromatic rings. The van der Waals surface area contributed by atoms with Crippen LogP contribution in [0.2, 0.25) is 0 Å². The Labute approximate surface area is 152 Å². The predicted octanol–water partition coefficient (Wildman–Crippen LogP) is 2.30. The molecule has 0 saturated carbocycles. The maximum absolute atomic E-state index is 10.7. The van der Waals surface area contributed by atoms with E-state index in [1.807, 2.05) is 12.1 Å². The van der Waals surface area contributed by atoms with Gasteiger partial charge in [-0.3, -0.25) is 4.90 Å². The first-order chi connectivity index (χ1) is 12.6. The average molecular weight is 357 g/mol. The Morgan fingerprint density at radius 1 is 1.08 bits per heavy atom. The first kappa shape index (κ1) is 17.0. The van der Waals surface area contributed by atoms with Crippen molar-refractivity contribution in [2.24, 2.45) is 0 Å². The van der Waals surface area contributed by atoms with Gasteiger partial charge >= 0.3 is 0 Å². The van der Waals surface area contributed by atoms with E-state index in [-0.39, 0.29) is 30.2 Å². The number of benzene rings is 2.